The summed E-state index contributed by atoms with van der Waals surface area (Å²) in [7, 11) is 1.97. The lowest BCUT2D eigenvalue weighted by Gasteiger charge is -2.13. The lowest BCUT2D eigenvalue weighted by Crippen LogP contribution is -2.21. The van der Waals surface area contributed by atoms with Crippen LogP contribution in [0.5, 0.6) is 0 Å². The lowest BCUT2D eigenvalue weighted by atomic mass is 10.2. The number of likely N-dealkylation sites (N-methyl/N-ethyl adjacent to an activating group) is 1. The first-order valence-electron chi connectivity index (χ1n) is 4.06. The fourth-order valence-electron chi connectivity index (χ4n) is 1.12. The molecule has 0 aliphatic heterocycles. The summed E-state index contributed by atoms with van der Waals surface area (Å²) in [4.78, 5) is 2.05. The summed E-state index contributed by atoms with van der Waals surface area (Å²) in [5.74, 6) is 0.958. The lowest BCUT2D eigenvalue weighted by molar-refractivity contribution is 0.216. The van der Waals surface area contributed by atoms with Gasteiger partial charge in [0.1, 0.15) is 5.76 Å². The summed E-state index contributed by atoms with van der Waals surface area (Å²) < 4.78 is 5.15. The molecule has 0 saturated heterocycles. The van der Waals surface area contributed by atoms with Crippen molar-refractivity contribution < 1.29 is 9.52 Å². The van der Waals surface area contributed by atoms with Crippen LogP contribution in [0.25, 0.3) is 0 Å². The van der Waals surface area contributed by atoms with E-state index in [9.17, 15) is 0 Å². The molecule has 3 heteroatoms. The first kappa shape index (κ1) is 9.29. The minimum absolute atomic E-state index is 0.202. The van der Waals surface area contributed by atoms with Crippen LogP contribution in [0.15, 0.2) is 16.7 Å². The van der Waals surface area contributed by atoms with Crippen molar-refractivity contribution in [1.82, 2.24) is 4.90 Å². The molecule has 68 valence electrons. The molecule has 0 atom stereocenters. The van der Waals surface area contributed by atoms with Gasteiger partial charge in [0, 0.05) is 18.7 Å². The number of furan rings is 1. The molecule has 3 nitrogen and oxygen atoms in total. The van der Waals surface area contributed by atoms with Crippen LogP contribution >= 0.6 is 0 Å². The molecule has 1 aromatic heterocycles. The number of aliphatic hydroxyl groups is 1. The molecule has 12 heavy (non-hydrogen) atoms. The molecular weight excluding hydrogens is 154 g/mol. The molecule has 0 saturated carbocycles. The molecule has 0 fully saturated rings. The van der Waals surface area contributed by atoms with Gasteiger partial charge in [0.15, 0.2) is 0 Å². The maximum atomic E-state index is 8.67. The normalized spacial score (nSPS) is 11.0. The third kappa shape index (κ3) is 2.36. The Hall–Kier alpha value is -0.800. The molecule has 0 bridgehead atoms. The van der Waals surface area contributed by atoms with Crippen molar-refractivity contribution in [1.29, 1.82) is 0 Å². The van der Waals surface area contributed by atoms with E-state index >= 15 is 0 Å². The maximum Gasteiger partial charge on any atom is 0.105 e. The molecule has 0 aliphatic carbocycles. The van der Waals surface area contributed by atoms with Crippen LogP contribution in [0.4, 0.5) is 0 Å². The molecule has 0 unspecified atom stereocenters. The third-order valence-corrected chi connectivity index (χ3v) is 1.89. The molecule has 1 aromatic rings. The molecule has 1 heterocycles. The number of aliphatic hydroxyl groups excluding tert-OH is 1. The second-order valence-electron chi connectivity index (χ2n) is 2.96. The van der Waals surface area contributed by atoms with Gasteiger partial charge >= 0.3 is 0 Å². The van der Waals surface area contributed by atoms with Crippen LogP contribution in [-0.2, 0) is 6.54 Å². The van der Waals surface area contributed by atoms with Crippen molar-refractivity contribution in [3.8, 4) is 0 Å². The van der Waals surface area contributed by atoms with E-state index in [1.807, 2.05) is 20.0 Å². The molecule has 0 aromatic carbocycles. The van der Waals surface area contributed by atoms with E-state index < -0.39 is 0 Å². The van der Waals surface area contributed by atoms with Gasteiger partial charge in [-0.1, -0.05) is 0 Å². The minimum Gasteiger partial charge on any atom is -0.469 e. The summed E-state index contributed by atoms with van der Waals surface area (Å²) in [6, 6.07) is 1.96. The Morgan fingerprint density at radius 2 is 2.33 bits per heavy atom. The van der Waals surface area contributed by atoms with Crippen molar-refractivity contribution in [2.24, 2.45) is 0 Å². The Labute approximate surface area is 72.6 Å². The number of hydrogen-bond acceptors (Lipinski definition) is 3. The zero-order valence-corrected chi connectivity index (χ0v) is 7.58. The molecule has 0 aliphatic rings. The zero-order chi connectivity index (χ0) is 8.97. The average molecular weight is 169 g/mol. The quantitative estimate of drug-likeness (QED) is 0.731. The van der Waals surface area contributed by atoms with Crippen molar-refractivity contribution in [3.63, 3.8) is 0 Å². The van der Waals surface area contributed by atoms with Gasteiger partial charge in [-0.25, -0.2) is 0 Å². The Bertz CT molecular complexity index is 232. The summed E-state index contributed by atoms with van der Waals surface area (Å²) in [6.07, 6.45) is 1.69. The highest BCUT2D eigenvalue weighted by Crippen LogP contribution is 2.10. The molecule has 1 N–H and O–H groups in total. The highest BCUT2D eigenvalue weighted by molar-refractivity contribution is 5.14. The molecule has 0 spiro atoms. The fraction of sp³-hybridized carbons (Fsp3) is 0.556. The predicted molar refractivity (Wildman–Crippen MR) is 46.9 cm³/mol. The van der Waals surface area contributed by atoms with E-state index in [1.165, 1.54) is 5.56 Å². The Kier molecular flexibility index (Phi) is 3.31. The van der Waals surface area contributed by atoms with Crippen molar-refractivity contribution >= 4 is 0 Å². The fourth-order valence-corrected chi connectivity index (χ4v) is 1.12. The van der Waals surface area contributed by atoms with Crippen LogP contribution in [0.2, 0.25) is 0 Å². The third-order valence-electron chi connectivity index (χ3n) is 1.89. The molecule has 0 radical (unpaired) electrons. The first-order valence-corrected chi connectivity index (χ1v) is 4.06. The zero-order valence-electron chi connectivity index (χ0n) is 7.58. The average Bonchev–Trinajstić information content (AvgIpc) is 2.37. The standard InChI is InChI=1S/C9H15NO2/c1-8-9(3-6-12-8)7-10(2)4-5-11/h3,6,11H,4-5,7H2,1-2H3. The smallest absolute Gasteiger partial charge is 0.105 e. The summed E-state index contributed by atoms with van der Waals surface area (Å²) >= 11 is 0. The SMILES string of the molecule is Cc1occc1CN(C)CCO. The Morgan fingerprint density at radius 3 is 2.83 bits per heavy atom. The van der Waals surface area contributed by atoms with Gasteiger partial charge in [0.25, 0.3) is 0 Å². The van der Waals surface area contributed by atoms with E-state index in [-0.39, 0.29) is 6.61 Å². The predicted octanol–water partition coefficient (Wildman–Crippen LogP) is 1.01. The molecular formula is C9H15NO2. The number of rotatable bonds is 4. The van der Waals surface area contributed by atoms with Crippen molar-refractivity contribution in [2.45, 2.75) is 13.5 Å². The van der Waals surface area contributed by atoms with E-state index in [0.29, 0.717) is 6.54 Å². The number of nitrogens with zero attached hydrogens (tertiary/aromatic N) is 1. The van der Waals surface area contributed by atoms with E-state index in [4.69, 9.17) is 9.52 Å². The van der Waals surface area contributed by atoms with Gasteiger partial charge in [-0.05, 0) is 20.0 Å². The highest BCUT2D eigenvalue weighted by atomic mass is 16.3. The van der Waals surface area contributed by atoms with Gasteiger partial charge in [0.2, 0.25) is 0 Å². The van der Waals surface area contributed by atoms with Crippen molar-refractivity contribution in [3.05, 3.63) is 23.7 Å². The summed E-state index contributed by atoms with van der Waals surface area (Å²) in [6.45, 7) is 3.68. The van der Waals surface area contributed by atoms with E-state index in [2.05, 4.69) is 4.90 Å². The van der Waals surface area contributed by atoms with Gasteiger partial charge < -0.3 is 9.52 Å². The summed E-state index contributed by atoms with van der Waals surface area (Å²) in [5, 5.41) is 8.67. The van der Waals surface area contributed by atoms with Crippen LogP contribution in [0.3, 0.4) is 0 Å². The Balaban J connectivity index is 2.46. The van der Waals surface area contributed by atoms with Gasteiger partial charge in [-0.2, -0.15) is 0 Å². The van der Waals surface area contributed by atoms with E-state index in [0.717, 1.165) is 12.3 Å². The molecule has 1 rings (SSSR count). The first-order chi connectivity index (χ1) is 5.74. The number of hydrogen-bond donors (Lipinski definition) is 1. The Morgan fingerprint density at radius 1 is 1.58 bits per heavy atom. The monoisotopic (exact) mass is 169 g/mol. The van der Waals surface area contributed by atoms with E-state index in [1.54, 1.807) is 6.26 Å². The van der Waals surface area contributed by atoms with Crippen LogP contribution in [0, 0.1) is 6.92 Å². The van der Waals surface area contributed by atoms with Crippen LogP contribution in [-0.4, -0.2) is 30.2 Å². The number of aryl methyl sites for hydroxylation is 1. The van der Waals surface area contributed by atoms with Crippen molar-refractivity contribution in [2.75, 3.05) is 20.2 Å². The second kappa shape index (κ2) is 4.28. The van der Waals surface area contributed by atoms with Crippen LogP contribution < -0.4 is 0 Å². The van der Waals surface area contributed by atoms with Gasteiger partial charge in [-0.15, -0.1) is 0 Å². The minimum atomic E-state index is 0.202. The van der Waals surface area contributed by atoms with Gasteiger partial charge in [-0.3, -0.25) is 4.90 Å². The maximum absolute atomic E-state index is 8.67. The topological polar surface area (TPSA) is 36.6 Å². The van der Waals surface area contributed by atoms with Crippen LogP contribution in [0.1, 0.15) is 11.3 Å². The highest BCUT2D eigenvalue weighted by Gasteiger charge is 2.03. The second-order valence-corrected chi connectivity index (χ2v) is 2.96. The largest absolute Gasteiger partial charge is 0.469 e. The molecule has 0 amide bonds. The van der Waals surface area contributed by atoms with Gasteiger partial charge in [0.05, 0.1) is 12.9 Å². The summed E-state index contributed by atoms with van der Waals surface area (Å²) in [5.41, 5.74) is 1.19.